The Bertz CT molecular complexity index is 684. The number of para-hydroxylation sites is 1. The number of halogens is 1. The molecule has 2 aromatic carbocycles. The highest BCUT2D eigenvalue weighted by atomic mass is 19.1. The van der Waals surface area contributed by atoms with Crippen LogP contribution in [0.5, 0.6) is 5.75 Å². The molecule has 1 unspecified atom stereocenters. The van der Waals surface area contributed by atoms with E-state index in [1.807, 2.05) is 66.7 Å². The molecule has 0 N–H and O–H groups in total. The topological polar surface area (TPSA) is 9.23 Å². The van der Waals surface area contributed by atoms with Gasteiger partial charge in [0.15, 0.2) is 0 Å². The van der Waals surface area contributed by atoms with Gasteiger partial charge in [-0.3, -0.25) is 0 Å². The molecule has 104 valence electrons. The van der Waals surface area contributed by atoms with Gasteiger partial charge < -0.3 is 4.74 Å². The Balaban J connectivity index is 1.91. The summed E-state index contributed by atoms with van der Waals surface area (Å²) < 4.78 is 19.8. The quantitative estimate of drug-likeness (QED) is 0.722. The van der Waals surface area contributed by atoms with Crippen molar-refractivity contribution in [3.63, 3.8) is 0 Å². The first-order chi connectivity index (χ1) is 10.3. The van der Waals surface area contributed by atoms with Gasteiger partial charge in [0.2, 0.25) is 0 Å². The van der Waals surface area contributed by atoms with E-state index in [9.17, 15) is 4.39 Å². The van der Waals surface area contributed by atoms with Crippen molar-refractivity contribution in [3.8, 4) is 5.75 Å². The fourth-order valence-corrected chi connectivity index (χ4v) is 2.24. The van der Waals surface area contributed by atoms with E-state index in [-0.39, 0.29) is 0 Å². The molecule has 0 amide bonds. The van der Waals surface area contributed by atoms with Crippen LogP contribution < -0.4 is 4.74 Å². The summed E-state index contributed by atoms with van der Waals surface area (Å²) in [6.07, 6.45) is 5.52. The monoisotopic (exact) mass is 278 g/mol. The van der Waals surface area contributed by atoms with E-state index >= 15 is 0 Å². The van der Waals surface area contributed by atoms with Crippen LogP contribution in [-0.2, 0) is 0 Å². The predicted octanol–water partition coefficient (Wildman–Crippen LogP) is 4.94. The van der Waals surface area contributed by atoms with Gasteiger partial charge in [0.1, 0.15) is 11.9 Å². The van der Waals surface area contributed by atoms with Crippen molar-refractivity contribution in [1.82, 2.24) is 0 Å². The third kappa shape index (κ3) is 3.11. The molecular formula is C19H15FO. The van der Waals surface area contributed by atoms with E-state index in [4.69, 9.17) is 4.74 Å². The minimum Gasteiger partial charge on any atom is -0.465 e. The maximum absolute atomic E-state index is 14.2. The minimum atomic E-state index is -1.16. The maximum atomic E-state index is 14.2. The first-order valence-electron chi connectivity index (χ1n) is 6.85. The molecule has 1 aliphatic carbocycles. The zero-order valence-corrected chi connectivity index (χ0v) is 11.4. The van der Waals surface area contributed by atoms with Crippen LogP contribution in [0.1, 0.15) is 5.56 Å². The minimum absolute atomic E-state index is 0.535. The Labute approximate surface area is 123 Å². The number of allylic oxidation sites excluding steroid dienone is 5. The van der Waals surface area contributed by atoms with E-state index in [0.717, 1.165) is 11.1 Å². The molecule has 21 heavy (non-hydrogen) atoms. The van der Waals surface area contributed by atoms with E-state index < -0.39 is 6.17 Å². The SMILES string of the molecule is FC1C=CC=C(c2ccccc2)C1=COc1ccccc1. The maximum Gasteiger partial charge on any atom is 0.147 e. The van der Waals surface area contributed by atoms with Crippen LogP contribution in [-0.4, -0.2) is 6.17 Å². The van der Waals surface area contributed by atoms with Crippen molar-refractivity contribution >= 4 is 5.57 Å². The lowest BCUT2D eigenvalue weighted by Crippen LogP contribution is -2.08. The van der Waals surface area contributed by atoms with Crippen LogP contribution >= 0.6 is 0 Å². The van der Waals surface area contributed by atoms with Crippen LogP contribution in [0.3, 0.4) is 0 Å². The summed E-state index contributed by atoms with van der Waals surface area (Å²) in [6.45, 7) is 0. The second-order valence-corrected chi connectivity index (χ2v) is 4.74. The average Bonchev–Trinajstić information content (AvgIpc) is 2.55. The largest absolute Gasteiger partial charge is 0.465 e. The van der Waals surface area contributed by atoms with Crippen LogP contribution in [0, 0.1) is 0 Å². The molecule has 2 heteroatoms. The van der Waals surface area contributed by atoms with Crippen molar-refractivity contribution < 1.29 is 9.13 Å². The van der Waals surface area contributed by atoms with Gasteiger partial charge in [0.05, 0.1) is 6.26 Å². The van der Waals surface area contributed by atoms with E-state index in [2.05, 4.69) is 0 Å². The first kappa shape index (κ1) is 13.4. The Kier molecular flexibility index (Phi) is 3.97. The molecular weight excluding hydrogens is 263 g/mol. The zero-order chi connectivity index (χ0) is 14.5. The lowest BCUT2D eigenvalue weighted by molar-refractivity contribution is 0.427. The van der Waals surface area contributed by atoms with Gasteiger partial charge in [-0.15, -0.1) is 0 Å². The predicted molar refractivity (Wildman–Crippen MR) is 83.6 cm³/mol. The third-order valence-corrected chi connectivity index (χ3v) is 3.30. The highest BCUT2D eigenvalue weighted by molar-refractivity contribution is 5.82. The zero-order valence-electron chi connectivity index (χ0n) is 11.4. The number of ether oxygens (including phenoxy) is 1. The molecule has 0 radical (unpaired) electrons. The number of alkyl halides is 1. The highest BCUT2D eigenvalue weighted by Crippen LogP contribution is 2.31. The molecule has 1 nitrogen and oxygen atoms in total. The number of rotatable bonds is 3. The highest BCUT2D eigenvalue weighted by Gasteiger charge is 2.19. The van der Waals surface area contributed by atoms with Crippen molar-refractivity contribution in [1.29, 1.82) is 0 Å². The summed E-state index contributed by atoms with van der Waals surface area (Å²) in [4.78, 5) is 0. The standard InChI is InChI=1S/C19H15FO/c20-19-13-7-12-17(15-8-3-1-4-9-15)18(19)14-21-16-10-5-2-6-11-16/h1-14,19H. The van der Waals surface area contributed by atoms with Gasteiger partial charge in [-0.2, -0.15) is 0 Å². The van der Waals surface area contributed by atoms with Gasteiger partial charge >= 0.3 is 0 Å². The fourth-order valence-electron chi connectivity index (χ4n) is 2.24. The number of hydrogen-bond acceptors (Lipinski definition) is 1. The lowest BCUT2D eigenvalue weighted by atomic mass is 9.92. The van der Waals surface area contributed by atoms with E-state index in [0.29, 0.717) is 11.3 Å². The van der Waals surface area contributed by atoms with Crippen LogP contribution in [0.25, 0.3) is 5.57 Å². The van der Waals surface area contributed by atoms with Crippen molar-refractivity contribution in [3.05, 3.63) is 96.3 Å². The van der Waals surface area contributed by atoms with Gasteiger partial charge in [0.25, 0.3) is 0 Å². The molecule has 0 saturated carbocycles. The Morgan fingerprint density at radius 1 is 0.905 bits per heavy atom. The van der Waals surface area contributed by atoms with Gasteiger partial charge in [0, 0.05) is 5.57 Å². The molecule has 1 atom stereocenters. The molecule has 0 saturated heterocycles. The Morgan fingerprint density at radius 2 is 1.57 bits per heavy atom. The van der Waals surface area contributed by atoms with Gasteiger partial charge in [-0.25, -0.2) is 4.39 Å². The lowest BCUT2D eigenvalue weighted by Gasteiger charge is -2.17. The second-order valence-electron chi connectivity index (χ2n) is 4.74. The summed E-state index contributed by atoms with van der Waals surface area (Å²) in [5, 5.41) is 0. The van der Waals surface area contributed by atoms with Crippen LogP contribution in [0.2, 0.25) is 0 Å². The average molecular weight is 278 g/mol. The Hall–Kier alpha value is -2.61. The van der Waals surface area contributed by atoms with E-state index in [1.54, 1.807) is 6.08 Å². The normalized spacial score (nSPS) is 19.4. The molecule has 0 aliphatic heterocycles. The molecule has 1 aliphatic rings. The molecule has 3 rings (SSSR count). The number of benzene rings is 2. The first-order valence-corrected chi connectivity index (χ1v) is 6.85. The van der Waals surface area contributed by atoms with Gasteiger partial charge in [-0.1, -0.05) is 60.7 Å². The summed E-state index contributed by atoms with van der Waals surface area (Å²) in [7, 11) is 0. The van der Waals surface area contributed by atoms with Crippen molar-refractivity contribution in [2.24, 2.45) is 0 Å². The molecule has 2 aromatic rings. The third-order valence-electron chi connectivity index (χ3n) is 3.30. The Morgan fingerprint density at radius 3 is 2.29 bits per heavy atom. The molecule has 0 fully saturated rings. The number of hydrogen-bond donors (Lipinski definition) is 0. The summed E-state index contributed by atoms with van der Waals surface area (Å²) >= 11 is 0. The fraction of sp³-hybridized carbons (Fsp3) is 0.0526. The molecule has 0 bridgehead atoms. The summed E-state index contributed by atoms with van der Waals surface area (Å²) in [5.41, 5.74) is 2.36. The van der Waals surface area contributed by atoms with E-state index in [1.165, 1.54) is 12.3 Å². The van der Waals surface area contributed by atoms with Crippen molar-refractivity contribution in [2.75, 3.05) is 0 Å². The molecule has 0 spiro atoms. The van der Waals surface area contributed by atoms with Crippen LogP contribution in [0.15, 0.2) is 90.7 Å². The summed E-state index contributed by atoms with van der Waals surface area (Å²) in [5.74, 6) is 0.694. The molecule has 0 heterocycles. The van der Waals surface area contributed by atoms with Crippen LogP contribution in [0.4, 0.5) is 4.39 Å². The molecule has 0 aromatic heterocycles. The van der Waals surface area contributed by atoms with Gasteiger partial charge in [-0.05, 0) is 29.3 Å². The van der Waals surface area contributed by atoms with Crippen molar-refractivity contribution in [2.45, 2.75) is 6.17 Å². The second kappa shape index (κ2) is 6.23. The summed E-state index contributed by atoms with van der Waals surface area (Å²) in [6, 6.07) is 19.1. The smallest absolute Gasteiger partial charge is 0.147 e.